The summed E-state index contributed by atoms with van der Waals surface area (Å²) in [5, 5.41) is 0. The molecule has 4 heteroatoms. The summed E-state index contributed by atoms with van der Waals surface area (Å²) in [5.41, 5.74) is 6.66. The third-order valence-corrected chi connectivity index (χ3v) is 5.22. The minimum atomic E-state index is -0.0138. The zero-order valence-corrected chi connectivity index (χ0v) is 15.2. The van der Waals surface area contributed by atoms with Crippen LogP contribution in [0.1, 0.15) is 27.9 Å². The van der Waals surface area contributed by atoms with Crippen LogP contribution < -0.4 is 5.56 Å². The van der Waals surface area contributed by atoms with Crippen molar-refractivity contribution in [3.63, 3.8) is 0 Å². The second-order valence-electron chi connectivity index (χ2n) is 7.04. The molecule has 2 heterocycles. The maximum atomic E-state index is 12.7. The molecule has 0 atom stereocenters. The Morgan fingerprint density at radius 2 is 1.77 bits per heavy atom. The van der Waals surface area contributed by atoms with Gasteiger partial charge in [0.15, 0.2) is 0 Å². The largest absolute Gasteiger partial charge is 0.306 e. The zero-order chi connectivity index (χ0) is 18.1. The van der Waals surface area contributed by atoms with Gasteiger partial charge in [0.1, 0.15) is 5.82 Å². The second kappa shape index (κ2) is 6.89. The highest BCUT2D eigenvalue weighted by molar-refractivity contribution is 5.54. The predicted octanol–water partition coefficient (Wildman–Crippen LogP) is 3.61. The van der Waals surface area contributed by atoms with Gasteiger partial charge in [-0.3, -0.25) is 9.69 Å². The Morgan fingerprint density at radius 3 is 2.50 bits per heavy atom. The van der Waals surface area contributed by atoms with E-state index in [9.17, 15) is 4.79 Å². The van der Waals surface area contributed by atoms with Crippen LogP contribution in [0.2, 0.25) is 0 Å². The van der Waals surface area contributed by atoms with E-state index in [1.54, 1.807) is 0 Å². The monoisotopic (exact) mass is 345 g/mol. The zero-order valence-electron chi connectivity index (χ0n) is 15.2. The lowest BCUT2D eigenvalue weighted by atomic mass is 10.0. The molecule has 3 aromatic rings. The number of aryl methyl sites for hydroxylation is 2. The molecule has 132 valence electrons. The van der Waals surface area contributed by atoms with Gasteiger partial charge < -0.3 is 4.98 Å². The summed E-state index contributed by atoms with van der Waals surface area (Å²) >= 11 is 0. The van der Waals surface area contributed by atoms with Crippen molar-refractivity contribution in [2.75, 3.05) is 6.54 Å². The van der Waals surface area contributed by atoms with Crippen LogP contribution in [0, 0.1) is 13.8 Å². The van der Waals surface area contributed by atoms with Crippen molar-refractivity contribution >= 4 is 0 Å². The van der Waals surface area contributed by atoms with E-state index in [2.05, 4.69) is 41.9 Å². The smallest absolute Gasteiger partial charge is 0.255 e. The number of fused-ring (bicyclic) bond motifs is 1. The Balaban J connectivity index is 1.61. The van der Waals surface area contributed by atoms with Gasteiger partial charge in [0, 0.05) is 31.6 Å². The first kappa shape index (κ1) is 16.7. The van der Waals surface area contributed by atoms with Crippen molar-refractivity contribution < 1.29 is 0 Å². The van der Waals surface area contributed by atoms with Gasteiger partial charge in [-0.25, -0.2) is 4.98 Å². The summed E-state index contributed by atoms with van der Waals surface area (Å²) in [4.78, 5) is 22.7. The number of H-pyrrole nitrogens is 1. The van der Waals surface area contributed by atoms with Crippen LogP contribution in [-0.2, 0) is 19.5 Å². The van der Waals surface area contributed by atoms with Crippen molar-refractivity contribution in [2.24, 2.45) is 0 Å². The molecule has 0 saturated carbocycles. The number of aromatic nitrogens is 2. The summed E-state index contributed by atoms with van der Waals surface area (Å²) < 4.78 is 0. The number of aromatic amines is 1. The molecule has 0 aliphatic carbocycles. The number of hydrogen-bond donors (Lipinski definition) is 1. The highest BCUT2D eigenvalue weighted by Gasteiger charge is 2.22. The quantitative estimate of drug-likeness (QED) is 0.789. The molecule has 0 radical (unpaired) electrons. The van der Waals surface area contributed by atoms with Crippen LogP contribution in [0.25, 0.3) is 11.4 Å². The van der Waals surface area contributed by atoms with Gasteiger partial charge in [-0.05, 0) is 30.5 Å². The molecule has 0 spiro atoms. The maximum Gasteiger partial charge on any atom is 0.255 e. The predicted molar refractivity (Wildman–Crippen MR) is 104 cm³/mol. The molecule has 0 amide bonds. The van der Waals surface area contributed by atoms with Crippen LogP contribution in [0.4, 0.5) is 0 Å². The maximum absolute atomic E-state index is 12.7. The fourth-order valence-corrected chi connectivity index (χ4v) is 3.67. The number of nitrogens with zero attached hydrogens (tertiary/aromatic N) is 2. The van der Waals surface area contributed by atoms with Crippen molar-refractivity contribution in [3.8, 4) is 11.4 Å². The third kappa shape index (κ3) is 3.20. The highest BCUT2D eigenvalue weighted by atomic mass is 16.1. The van der Waals surface area contributed by atoms with E-state index in [0.29, 0.717) is 12.4 Å². The van der Waals surface area contributed by atoms with Gasteiger partial charge in [-0.2, -0.15) is 0 Å². The molecule has 4 nitrogen and oxygen atoms in total. The van der Waals surface area contributed by atoms with E-state index in [4.69, 9.17) is 4.98 Å². The average molecular weight is 345 g/mol. The van der Waals surface area contributed by atoms with Crippen LogP contribution in [0.3, 0.4) is 0 Å². The van der Waals surface area contributed by atoms with Crippen LogP contribution in [0.15, 0.2) is 53.3 Å². The standard InChI is InChI=1S/C22H23N3O/c1-15-7-6-8-16(2)18(15)13-25-12-11-20-19(14-25)22(26)24-21(23-20)17-9-4-3-5-10-17/h3-10H,11-14H2,1-2H3,(H,23,24,26). The lowest BCUT2D eigenvalue weighted by Crippen LogP contribution is -2.35. The molecule has 1 aliphatic rings. The molecule has 1 aliphatic heterocycles. The van der Waals surface area contributed by atoms with E-state index in [1.165, 1.54) is 16.7 Å². The first-order valence-electron chi connectivity index (χ1n) is 9.07. The van der Waals surface area contributed by atoms with Crippen molar-refractivity contribution in [1.29, 1.82) is 0 Å². The molecular formula is C22H23N3O. The molecule has 2 aromatic carbocycles. The summed E-state index contributed by atoms with van der Waals surface area (Å²) in [5.74, 6) is 0.664. The van der Waals surface area contributed by atoms with E-state index in [1.807, 2.05) is 30.3 Å². The average Bonchev–Trinajstić information content (AvgIpc) is 2.66. The normalized spacial score (nSPS) is 14.2. The van der Waals surface area contributed by atoms with Crippen LogP contribution in [-0.4, -0.2) is 21.4 Å². The summed E-state index contributed by atoms with van der Waals surface area (Å²) in [7, 11) is 0. The fraction of sp³-hybridized carbons (Fsp3) is 0.273. The highest BCUT2D eigenvalue weighted by Crippen LogP contribution is 2.22. The van der Waals surface area contributed by atoms with E-state index in [0.717, 1.165) is 36.3 Å². The van der Waals surface area contributed by atoms with Gasteiger partial charge in [-0.1, -0.05) is 48.5 Å². The SMILES string of the molecule is Cc1cccc(C)c1CN1CCc2nc(-c3ccccc3)[nH]c(=O)c2C1. The number of nitrogens with one attached hydrogen (secondary N) is 1. The molecule has 0 bridgehead atoms. The second-order valence-corrected chi connectivity index (χ2v) is 7.04. The van der Waals surface area contributed by atoms with Crippen molar-refractivity contribution in [2.45, 2.75) is 33.4 Å². The van der Waals surface area contributed by atoms with E-state index >= 15 is 0 Å². The lowest BCUT2D eigenvalue weighted by molar-refractivity contribution is 0.241. The Morgan fingerprint density at radius 1 is 1.04 bits per heavy atom. The van der Waals surface area contributed by atoms with Crippen LogP contribution in [0.5, 0.6) is 0 Å². The summed E-state index contributed by atoms with van der Waals surface area (Å²) in [6.45, 7) is 6.76. The van der Waals surface area contributed by atoms with Gasteiger partial charge in [0.2, 0.25) is 0 Å². The Kier molecular flexibility index (Phi) is 4.43. The molecule has 26 heavy (non-hydrogen) atoms. The van der Waals surface area contributed by atoms with Gasteiger partial charge in [0.05, 0.1) is 11.3 Å². The number of hydrogen-bond acceptors (Lipinski definition) is 3. The first-order valence-corrected chi connectivity index (χ1v) is 9.07. The third-order valence-electron chi connectivity index (χ3n) is 5.22. The van der Waals surface area contributed by atoms with Gasteiger partial charge in [0.25, 0.3) is 5.56 Å². The lowest BCUT2D eigenvalue weighted by Gasteiger charge is -2.28. The molecule has 1 aromatic heterocycles. The van der Waals surface area contributed by atoms with E-state index in [-0.39, 0.29) is 5.56 Å². The Labute approximate surface area is 153 Å². The summed E-state index contributed by atoms with van der Waals surface area (Å²) in [6.07, 6.45) is 0.810. The molecule has 0 saturated heterocycles. The van der Waals surface area contributed by atoms with Crippen molar-refractivity contribution in [3.05, 3.63) is 86.8 Å². The molecule has 4 rings (SSSR count). The molecule has 1 N–H and O–H groups in total. The Bertz CT molecular complexity index is 972. The Hall–Kier alpha value is -2.72. The number of benzene rings is 2. The molecule has 0 fully saturated rings. The fourth-order valence-electron chi connectivity index (χ4n) is 3.67. The summed E-state index contributed by atoms with van der Waals surface area (Å²) in [6, 6.07) is 16.2. The minimum Gasteiger partial charge on any atom is -0.306 e. The van der Waals surface area contributed by atoms with Gasteiger partial charge >= 0.3 is 0 Å². The van der Waals surface area contributed by atoms with Gasteiger partial charge in [-0.15, -0.1) is 0 Å². The first-order chi connectivity index (χ1) is 12.6. The van der Waals surface area contributed by atoms with E-state index < -0.39 is 0 Å². The van der Waals surface area contributed by atoms with Crippen molar-refractivity contribution in [1.82, 2.24) is 14.9 Å². The molecule has 0 unspecified atom stereocenters. The molecular weight excluding hydrogens is 322 g/mol. The minimum absolute atomic E-state index is 0.0138. The number of rotatable bonds is 3. The topological polar surface area (TPSA) is 49.0 Å². The van der Waals surface area contributed by atoms with Crippen LogP contribution >= 0.6 is 0 Å².